The van der Waals surface area contributed by atoms with Crippen molar-refractivity contribution in [2.75, 3.05) is 18.8 Å². The Morgan fingerprint density at radius 2 is 1.95 bits per heavy atom. The minimum absolute atomic E-state index is 0.0372. The molecule has 0 bridgehead atoms. The van der Waals surface area contributed by atoms with Crippen molar-refractivity contribution < 1.29 is 13.2 Å². The summed E-state index contributed by atoms with van der Waals surface area (Å²) in [6.45, 7) is 4.26. The van der Waals surface area contributed by atoms with Gasteiger partial charge in [0.2, 0.25) is 10.0 Å². The lowest BCUT2D eigenvalue weighted by molar-refractivity contribution is 0.0760. The summed E-state index contributed by atoms with van der Waals surface area (Å²) in [4.78, 5) is 12.1. The average molecular weight is 312 g/mol. The summed E-state index contributed by atoms with van der Waals surface area (Å²) in [5.74, 6) is 0.643. The van der Waals surface area contributed by atoms with E-state index < -0.39 is 10.0 Å². The van der Waals surface area contributed by atoms with Crippen molar-refractivity contribution in [2.24, 2.45) is 0 Å². The molecule has 1 aliphatic heterocycles. The van der Waals surface area contributed by atoms with E-state index in [4.69, 9.17) is 4.74 Å². The topological polar surface area (TPSA) is 68.6 Å². The zero-order valence-corrected chi connectivity index (χ0v) is 13.1. The first-order valence-corrected chi connectivity index (χ1v) is 8.89. The molecule has 1 aromatic heterocycles. The fraction of sp³-hybridized carbons (Fsp3) is 0.643. The van der Waals surface area contributed by atoms with Crippen LogP contribution >= 0.6 is 0 Å². The Bertz CT molecular complexity index is 700. The van der Waals surface area contributed by atoms with Crippen molar-refractivity contribution >= 4 is 10.0 Å². The van der Waals surface area contributed by atoms with Crippen molar-refractivity contribution in [1.82, 2.24) is 8.87 Å². The fourth-order valence-corrected chi connectivity index (χ4v) is 3.78. The molecule has 0 unspecified atom stereocenters. The molecular formula is C14H20N2O4S. The van der Waals surface area contributed by atoms with Crippen LogP contribution in [0.4, 0.5) is 0 Å². The second kappa shape index (κ2) is 5.14. The Morgan fingerprint density at radius 1 is 1.29 bits per heavy atom. The van der Waals surface area contributed by atoms with Crippen molar-refractivity contribution in [2.45, 2.75) is 38.8 Å². The van der Waals surface area contributed by atoms with Crippen LogP contribution in [0.2, 0.25) is 0 Å². The first-order valence-electron chi connectivity index (χ1n) is 7.28. The molecule has 2 fully saturated rings. The Hall–Kier alpha value is -1.34. The van der Waals surface area contributed by atoms with Gasteiger partial charge in [0, 0.05) is 17.8 Å². The standard InChI is InChI=1S/C14H20N2O4S/c1-3-21(18,19)15-8-13(9-15)20-12-6-10(2)16(11-4-5-11)14(17)7-12/h6-7,11,13H,3-5,8-9H2,1-2H3. The molecule has 3 rings (SSSR count). The van der Waals surface area contributed by atoms with Crippen molar-refractivity contribution in [3.8, 4) is 5.75 Å². The molecule has 116 valence electrons. The molecule has 2 heterocycles. The third kappa shape index (κ3) is 2.85. The predicted molar refractivity (Wildman–Crippen MR) is 79.2 cm³/mol. The SMILES string of the molecule is CCS(=O)(=O)N1CC(Oc2cc(C)n(C3CC3)c(=O)c2)C1. The zero-order valence-electron chi connectivity index (χ0n) is 12.3. The zero-order chi connectivity index (χ0) is 15.2. The van der Waals surface area contributed by atoms with E-state index in [-0.39, 0.29) is 17.4 Å². The van der Waals surface area contributed by atoms with Crippen LogP contribution in [0.1, 0.15) is 31.5 Å². The van der Waals surface area contributed by atoms with Gasteiger partial charge in [0.1, 0.15) is 11.9 Å². The highest BCUT2D eigenvalue weighted by atomic mass is 32.2. The minimum Gasteiger partial charge on any atom is -0.487 e. The molecule has 6 nitrogen and oxygen atoms in total. The van der Waals surface area contributed by atoms with Gasteiger partial charge in [0.25, 0.3) is 5.56 Å². The number of hydrogen-bond donors (Lipinski definition) is 0. The molecule has 0 amide bonds. The van der Waals surface area contributed by atoms with Crippen molar-refractivity contribution in [3.63, 3.8) is 0 Å². The van der Waals surface area contributed by atoms with Crippen molar-refractivity contribution in [3.05, 3.63) is 28.2 Å². The van der Waals surface area contributed by atoms with Crippen LogP contribution in [-0.4, -0.2) is 42.2 Å². The highest BCUT2D eigenvalue weighted by molar-refractivity contribution is 7.89. The van der Waals surface area contributed by atoms with Gasteiger partial charge in [-0.1, -0.05) is 0 Å². The molecule has 0 radical (unpaired) electrons. The highest BCUT2D eigenvalue weighted by Crippen LogP contribution is 2.35. The van der Waals surface area contributed by atoms with E-state index in [1.54, 1.807) is 6.92 Å². The van der Waals surface area contributed by atoms with Crippen LogP contribution in [0.3, 0.4) is 0 Å². The Morgan fingerprint density at radius 3 is 2.48 bits per heavy atom. The smallest absolute Gasteiger partial charge is 0.254 e. The summed E-state index contributed by atoms with van der Waals surface area (Å²) in [5.41, 5.74) is 0.863. The second-order valence-electron chi connectivity index (χ2n) is 5.73. The van der Waals surface area contributed by atoms with E-state index in [0.29, 0.717) is 24.9 Å². The maximum absolute atomic E-state index is 12.1. The van der Waals surface area contributed by atoms with Gasteiger partial charge in [-0.25, -0.2) is 8.42 Å². The molecule has 0 aromatic carbocycles. The van der Waals surface area contributed by atoms with E-state index in [2.05, 4.69) is 0 Å². The van der Waals surface area contributed by atoms with Crippen LogP contribution in [0.25, 0.3) is 0 Å². The summed E-state index contributed by atoms with van der Waals surface area (Å²) in [5, 5.41) is 0. The van der Waals surface area contributed by atoms with Gasteiger partial charge in [0.15, 0.2) is 0 Å². The number of nitrogens with zero attached hydrogens (tertiary/aromatic N) is 2. The molecule has 1 saturated carbocycles. The monoisotopic (exact) mass is 312 g/mol. The van der Waals surface area contributed by atoms with Crippen LogP contribution in [0.5, 0.6) is 5.75 Å². The molecule has 0 spiro atoms. The number of hydrogen-bond acceptors (Lipinski definition) is 4. The van der Waals surface area contributed by atoms with Crippen LogP contribution in [0.15, 0.2) is 16.9 Å². The lowest BCUT2D eigenvalue weighted by Gasteiger charge is -2.37. The molecule has 21 heavy (non-hydrogen) atoms. The lowest BCUT2D eigenvalue weighted by atomic mass is 10.2. The van der Waals surface area contributed by atoms with E-state index >= 15 is 0 Å². The number of ether oxygens (including phenoxy) is 1. The van der Waals surface area contributed by atoms with Crippen molar-refractivity contribution in [1.29, 1.82) is 0 Å². The maximum atomic E-state index is 12.1. The maximum Gasteiger partial charge on any atom is 0.254 e. The van der Waals surface area contributed by atoms with E-state index in [1.807, 2.05) is 17.6 Å². The number of pyridine rings is 1. The lowest BCUT2D eigenvalue weighted by Crippen LogP contribution is -2.56. The summed E-state index contributed by atoms with van der Waals surface area (Å²) in [7, 11) is -3.13. The normalized spacial score (nSPS) is 20.3. The molecule has 1 aliphatic carbocycles. The first kappa shape index (κ1) is 14.6. The second-order valence-corrected chi connectivity index (χ2v) is 7.99. The van der Waals surface area contributed by atoms with Gasteiger partial charge in [-0.05, 0) is 32.8 Å². The fourth-order valence-electron chi connectivity index (χ4n) is 2.63. The van der Waals surface area contributed by atoms with Gasteiger partial charge in [-0.3, -0.25) is 4.79 Å². The molecule has 2 aliphatic rings. The predicted octanol–water partition coefficient (Wildman–Crippen LogP) is 0.904. The largest absolute Gasteiger partial charge is 0.487 e. The van der Waals surface area contributed by atoms with Gasteiger partial charge < -0.3 is 9.30 Å². The Balaban J connectivity index is 1.66. The van der Waals surface area contributed by atoms with Gasteiger partial charge >= 0.3 is 0 Å². The van der Waals surface area contributed by atoms with Crippen LogP contribution < -0.4 is 10.3 Å². The van der Waals surface area contributed by atoms with Crippen LogP contribution in [0, 0.1) is 6.92 Å². The molecule has 0 atom stereocenters. The average Bonchev–Trinajstić information content (AvgIpc) is 3.16. The number of aromatic nitrogens is 1. The van der Waals surface area contributed by atoms with E-state index in [0.717, 1.165) is 18.5 Å². The Kier molecular flexibility index (Phi) is 3.57. The highest BCUT2D eigenvalue weighted by Gasteiger charge is 2.36. The molecule has 0 N–H and O–H groups in total. The summed E-state index contributed by atoms with van der Waals surface area (Å²) in [6, 6.07) is 3.71. The molecular weight excluding hydrogens is 292 g/mol. The Labute approximate surface area is 124 Å². The summed E-state index contributed by atoms with van der Waals surface area (Å²) in [6.07, 6.45) is 1.96. The van der Waals surface area contributed by atoms with E-state index in [9.17, 15) is 13.2 Å². The first-order chi connectivity index (χ1) is 9.90. The minimum atomic E-state index is -3.13. The third-order valence-corrected chi connectivity index (χ3v) is 5.84. The quantitative estimate of drug-likeness (QED) is 0.810. The molecule has 7 heteroatoms. The molecule has 1 aromatic rings. The number of sulfonamides is 1. The van der Waals surface area contributed by atoms with Gasteiger partial charge in [0.05, 0.1) is 18.8 Å². The molecule has 1 saturated heterocycles. The van der Waals surface area contributed by atoms with Gasteiger partial charge in [-0.2, -0.15) is 4.31 Å². The van der Waals surface area contributed by atoms with E-state index in [1.165, 1.54) is 10.4 Å². The van der Waals surface area contributed by atoms with Gasteiger partial charge in [-0.15, -0.1) is 0 Å². The summed E-state index contributed by atoms with van der Waals surface area (Å²) >= 11 is 0. The third-order valence-electron chi connectivity index (χ3n) is 4.02. The van der Waals surface area contributed by atoms with Crippen LogP contribution in [-0.2, 0) is 10.0 Å². The summed E-state index contributed by atoms with van der Waals surface area (Å²) < 4.78 is 32.2. The number of aryl methyl sites for hydroxylation is 1. The number of rotatable bonds is 5.